The number of ketones is 1. The first kappa shape index (κ1) is 15.9. The summed E-state index contributed by atoms with van der Waals surface area (Å²) in [5, 5.41) is 14.6. The molecule has 0 aliphatic heterocycles. The Hall–Kier alpha value is -3.57. The molecule has 2 nitrogen and oxygen atoms in total. The van der Waals surface area contributed by atoms with Crippen LogP contribution in [-0.4, -0.2) is 10.9 Å². The number of aromatic hydroxyl groups is 1. The van der Waals surface area contributed by atoms with Crippen LogP contribution < -0.4 is 0 Å². The Balaban J connectivity index is 1.87. The van der Waals surface area contributed by atoms with Crippen LogP contribution in [0.1, 0.15) is 28.4 Å². The fourth-order valence-corrected chi connectivity index (χ4v) is 3.20. The molecule has 0 unspecified atom stereocenters. The van der Waals surface area contributed by atoms with Crippen LogP contribution in [0.5, 0.6) is 5.75 Å². The number of hydrogen-bond donors (Lipinski definition) is 1. The van der Waals surface area contributed by atoms with Gasteiger partial charge in [0.1, 0.15) is 5.75 Å². The summed E-state index contributed by atoms with van der Waals surface area (Å²) in [6.07, 6.45) is 0. The smallest absolute Gasteiger partial charge is 0.163 e. The molecule has 1 N–H and O–H groups in total. The van der Waals surface area contributed by atoms with Crippen molar-refractivity contribution in [1.82, 2.24) is 0 Å². The van der Waals surface area contributed by atoms with Gasteiger partial charge in [0, 0.05) is 11.1 Å². The van der Waals surface area contributed by atoms with E-state index in [1.54, 1.807) is 12.1 Å². The van der Waals surface area contributed by atoms with E-state index in [0.717, 1.165) is 16.3 Å². The molecule has 0 aromatic heterocycles. The van der Waals surface area contributed by atoms with E-state index in [0.29, 0.717) is 11.1 Å². The van der Waals surface area contributed by atoms with Crippen molar-refractivity contribution in [3.8, 4) is 17.6 Å². The molecule has 0 amide bonds. The maximum absolute atomic E-state index is 11.4. The average Bonchev–Trinajstić information content (AvgIpc) is 2.66. The number of benzene rings is 4. The average molecular weight is 336 g/mol. The molecule has 2 heteroatoms. The van der Waals surface area contributed by atoms with E-state index in [1.807, 2.05) is 24.3 Å². The Labute approximate surface area is 151 Å². The first-order valence-electron chi connectivity index (χ1n) is 8.40. The topological polar surface area (TPSA) is 37.3 Å². The zero-order valence-electron chi connectivity index (χ0n) is 14.3. The molecule has 4 aromatic rings. The lowest BCUT2D eigenvalue weighted by atomic mass is 9.97. The summed E-state index contributed by atoms with van der Waals surface area (Å²) in [5.41, 5.74) is 1.92. The highest BCUT2D eigenvalue weighted by Gasteiger charge is 2.07. The molecule has 0 atom stereocenters. The van der Waals surface area contributed by atoms with E-state index in [2.05, 4.69) is 42.2 Å². The normalized spacial score (nSPS) is 10.5. The summed E-state index contributed by atoms with van der Waals surface area (Å²) in [4.78, 5) is 11.4. The molecule has 0 heterocycles. The maximum atomic E-state index is 11.4. The molecule has 0 radical (unpaired) electrons. The highest BCUT2D eigenvalue weighted by molar-refractivity contribution is 6.09. The standard InChI is InChI=1S/C24H16O2/c1-16(25)20-13-11-17(14-24(20)26)10-12-19-15-18-6-2-3-7-21(18)23-9-5-4-8-22(19)23/h2-9,11,13-15,26H,1H3. The predicted molar refractivity (Wildman–Crippen MR) is 106 cm³/mol. The minimum absolute atomic E-state index is 0.0346. The van der Waals surface area contributed by atoms with Crippen molar-refractivity contribution in [3.63, 3.8) is 0 Å². The summed E-state index contributed by atoms with van der Waals surface area (Å²) in [6.45, 7) is 1.43. The van der Waals surface area contributed by atoms with Crippen LogP contribution in [0.15, 0.2) is 72.8 Å². The number of rotatable bonds is 1. The van der Waals surface area contributed by atoms with Gasteiger partial charge in [-0.1, -0.05) is 60.4 Å². The van der Waals surface area contributed by atoms with Crippen molar-refractivity contribution in [2.45, 2.75) is 6.92 Å². The van der Waals surface area contributed by atoms with Gasteiger partial charge in [0.2, 0.25) is 0 Å². The van der Waals surface area contributed by atoms with E-state index in [4.69, 9.17) is 0 Å². The summed E-state index contributed by atoms with van der Waals surface area (Å²) in [6, 6.07) is 23.5. The minimum atomic E-state index is -0.164. The van der Waals surface area contributed by atoms with Gasteiger partial charge in [-0.25, -0.2) is 0 Å². The third-order valence-corrected chi connectivity index (χ3v) is 4.49. The number of carbonyl (C=O) groups is 1. The summed E-state index contributed by atoms with van der Waals surface area (Å²) in [5.74, 6) is 6.13. The van der Waals surface area contributed by atoms with Gasteiger partial charge in [0.05, 0.1) is 5.56 Å². The molecular formula is C24H16O2. The van der Waals surface area contributed by atoms with Crippen molar-refractivity contribution >= 4 is 27.3 Å². The highest BCUT2D eigenvalue weighted by atomic mass is 16.3. The second-order valence-corrected chi connectivity index (χ2v) is 6.23. The molecular weight excluding hydrogens is 320 g/mol. The molecule has 26 heavy (non-hydrogen) atoms. The van der Waals surface area contributed by atoms with Crippen molar-refractivity contribution in [3.05, 3.63) is 89.5 Å². The van der Waals surface area contributed by atoms with Crippen LogP contribution >= 0.6 is 0 Å². The Morgan fingerprint density at radius 2 is 1.50 bits per heavy atom. The zero-order valence-corrected chi connectivity index (χ0v) is 14.3. The summed E-state index contributed by atoms with van der Waals surface area (Å²) in [7, 11) is 0. The molecule has 0 bridgehead atoms. The largest absolute Gasteiger partial charge is 0.507 e. The second kappa shape index (κ2) is 6.38. The predicted octanol–water partition coefficient (Wildman–Crippen LogP) is 5.30. The Bertz CT molecular complexity index is 1220. The first-order chi connectivity index (χ1) is 12.6. The van der Waals surface area contributed by atoms with Gasteiger partial charge in [-0.3, -0.25) is 4.79 Å². The van der Waals surface area contributed by atoms with Crippen molar-refractivity contribution in [2.24, 2.45) is 0 Å². The molecule has 0 saturated carbocycles. The fourth-order valence-electron chi connectivity index (χ4n) is 3.20. The third-order valence-electron chi connectivity index (χ3n) is 4.49. The van der Waals surface area contributed by atoms with Crippen molar-refractivity contribution in [2.75, 3.05) is 0 Å². The van der Waals surface area contributed by atoms with Crippen LogP contribution in [0, 0.1) is 11.8 Å². The molecule has 0 fully saturated rings. The van der Waals surface area contributed by atoms with Crippen LogP contribution in [0.25, 0.3) is 21.5 Å². The van der Waals surface area contributed by atoms with Crippen molar-refractivity contribution in [1.29, 1.82) is 0 Å². The number of Topliss-reactive ketones (excluding diaryl/α,β-unsaturated/α-hetero) is 1. The Kier molecular flexibility index (Phi) is 3.91. The number of fused-ring (bicyclic) bond motifs is 3. The molecule has 0 saturated heterocycles. The van der Waals surface area contributed by atoms with Gasteiger partial charge < -0.3 is 5.11 Å². The number of hydrogen-bond acceptors (Lipinski definition) is 2. The van der Waals surface area contributed by atoms with E-state index in [9.17, 15) is 9.90 Å². The molecule has 124 valence electrons. The SMILES string of the molecule is CC(=O)c1ccc(C#Cc2cc3ccccc3c3ccccc23)cc1O. The van der Waals surface area contributed by atoms with E-state index < -0.39 is 0 Å². The lowest BCUT2D eigenvalue weighted by molar-refractivity contribution is 0.101. The summed E-state index contributed by atoms with van der Waals surface area (Å²) >= 11 is 0. The zero-order chi connectivity index (χ0) is 18.1. The van der Waals surface area contributed by atoms with E-state index in [1.165, 1.54) is 23.8 Å². The van der Waals surface area contributed by atoms with Gasteiger partial charge in [-0.05, 0) is 52.7 Å². The van der Waals surface area contributed by atoms with Gasteiger partial charge in [-0.15, -0.1) is 0 Å². The Morgan fingerprint density at radius 1 is 0.808 bits per heavy atom. The molecule has 0 spiro atoms. The molecule has 0 aliphatic rings. The first-order valence-corrected chi connectivity index (χ1v) is 8.40. The molecule has 4 rings (SSSR count). The lowest BCUT2D eigenvalue weighted by Crippen LogP contribution is -1.92. The Morgan fingerprint density at radius 3 is 2.23 bits per heavy atom. The number of phenolic OH excluding ortho intramolecular Hbond substituents is 1. The fraction of sp³-hybridized carbons (Fsp3) is 0.0417. The van der Waals surface area contributed by atoms with Crippen LogP contribution in [0.4, 0.5) is 0 Å². The minimum Gasteiger partial charge on any atom is -0.507 e. The van der Waals surface area contributed by atoms with Gasteiger partial charge in [0.25, 0.3) is 0 Å². The van der Waals surface area contributed by atoms with Gasteiger partial charge in [-0.2, -0.15) is 0 Å². The summed E-state index contributed by atoms with van der Waals surface area (Å²) < 4.78 is 0. The second-order valence-electron chi connectivity index (χ2n) is 6.23. The van der Waals surface area contributed by atoms with E-state index in [-0.39, 0.29) is 11.5 Å². The highest BCUT2D eigenvalue weighted by Crippen LogP contribution is 2.28. The quantitative estimate of drug-likeness (QED) is 0.291. The molecule has 4 aromatic carbocycles. The number of phenols is 1. The van der Waals surface area contributed by atoms with Gasteiger partial charge >= 0.3 is 0 Å². The third kappa shape index (κ3) is 2.81. The lowest BCUT2D eigenvalue weighted by Gasteiger charge is -2.06. The van der Waals surface area contributed by atoms with Crippen LogP contribution in [-0.2, 0) is 0 Å². The van der Waals surface area contributed by atoms with Crippen LogP contribution in [0.3, 0.4) is 0 Å². The number of carbonyl (C=O) groups excluding carboxylic acids is 1. The van der Waals surface area contributed by atoms with E-state index >= 15 is 0 Å². The maximum Gasteiger partial charge on any atom is 0.163 e. The van der Waals surface area contributed by atoms with Gasteiger partial charge in [0.15, 0.2) is 5.78 Å². The molecule has 0 aliphatic carbocycles. The van der Waals surface area contributed by atoms with Crippen molar-refractivity contribution < 1.29 is 9.90 Å². The van der Waals surface area contributed by atoms with Crippen LogP contribution in [0.2, 0.25) is 0 Å². The monoisotopic (exact) mass is 336 g/mol.